The number of ketones is 1. The van der Waals surface area contributed by atoms with Gasteiger partial charge < -0.3 is 14.5 Å². The van der Waals surface area contributed by atoms with Gasteiger partial charge in [0.1, 0.15) is 5.71 Å². The van der Waals surface area contributed by atoms with Gasteiger partial charge in [0.05, 0.1) is 4.92 Å². The summed E-state index contributed by atoms with van der Waals surface area (Å²) < 4.78 is 2.20. The quantitative estimate of drug-likeness (QED) is 0.0536. The summed E-state index contributed by atoms with van der Waals surface area (Å²) in [5.41, 5.74) is 2.60. The fourth-order valence-electron chi connectivity index (χ4n) is 4.69. The van der Waals surface area contributed by atoms with Crippen LogP contribution in [0.25, 0.3) is 21.8 Å². The number of aliphatic hydroxyl groups is 1. The lowest BCUT2D eigenvalue weighted by Gasteiger charge is -2.09. The molecule has 3 rings (SSSR count). The number of nitro groups is 1. The van der Waals surface area contributed by atoms with Crippen LogP contribution in [0.2, 0.25) is 0 Å². The number of aryl methyl sites for hydroxylation is 1. The van der Waals surface area contributed by atoms with E-state index < -0.39 is 11.2 Å². The monoisotopic (exact) mass is 509 g/mol. The van der Waals surface area contributed by atoms with E-state index in [1.807, 2.05) is 6.07 Å². The van der Waals surface area contributed by atoms with Gasteiger partial charge in [-0.25, -0.2) is 0 Å². The Labute approximate surface area is 218 Å². The van der Waals surface area contributed by atoms with E-state index in [2.05, 4.69) is 23.6 Å². The fraction of sp³-hybridized carbons (Fsp3) is 0.517. The average molecular weight is 510 g/mol. The third-order valence-corrected chi connectivity index (χ3v) is 6.65. The Kier molecular flexibility index (Phi) is 10.6. The molecular formula is C29H39N3O5. The Balaban J connectivity index is 1.99. The van der Waals surface area contributed by atoms with Crippen molar-refractivity contribution in [2.24, 2.45) is 5.16 Å². The molecule has 0 bridgehead atoms. The number of carbonyl (C=O) groups excluding carboxylic acids is 1. The lowest BCUT2D eigenvalue weighted by Crippen LogP contribution is -2.16. The second-order valence-electron chi connectivity index (χ2n) is 9.64. The first kappa shape index (κ1) is 28.3. The number of hydrogen-bond donors (Lipinski definition) is 1. The number of oxime groups is 1. The number of nitrogens with zero attached hydrogens (tertiary/aromatic N) is 3. The van der Waals surface area contributed by atoms with E-state index >= 15 is 0 Å². The van der Waals surface area contributed by atoms with Crippen LogP contribution in [0, 0.1) is 10.1 Å². The van der Waals surface area contributed by atoms with Crippen molar-refractivity contribution >= 4 is 39.0 Å². The molecule has 8 heteroatoms. The normalized spacial score (nSPS) is 12.8. The molecule has 0 amide bonds. The Bertz CT molecular complexity index is 1250. The number of hydrogen-bond acceptors (Lipinski definition) is 6. The SMILES string of the molecule is CCCCCCCCn1c2ccc(C(=O)/C(CCCCC)=N/OC(C)O)cc2c2cc([N+](=O)[O-])ccc21. The van der Waals surface area contributed by atoms with E-state index in [0.717, 1.165) is 60.5 Å². The maximum atomic E-state index is 13.4. The van der Waals surface area contributed by atoms with Gasteiger partial charge in [-0.2, -0.15) is 0 Å². The number of carbonyl (C=O) groups is 1. The first-order valence-corrected chi connectivity index (χ1v) is 13.5. The lowest BCUT2D eigenvalue weighted by atomic mass is 10.00. The predicted molar refractivity (Wildman–Crippen MR) is 148 cm³/mol. The smallest absolute Gasteiger partial charge is 0.270 e. The molecular weight excluding hydrogens is 470 g/mol. The largest absolute Gasteiger partial charge is 0.364 e. The minimum Gasteiger partial charge on any atom is -0.364 e. The number of nitro benzene ring substituents is 1. The van der Waals surface area contributed by atoms with Crippen LogP contribution in [0.15, 0.2) is 41.6 Å². The van der Waals surface area contributed by atoms with Crippen molar-refractivity contribution < 1.29 is 19.7 Å². The molecule has 1 aromatic heterocycles. The summed E-state index contributed by atoms with van der Waals surface area (Å²) in [5, 5.41) is 26.5. The molecule has 0 saturated heterocycles. The van der Waals surface area contributed by atoms with E-state index in [4.69, 9.17) is 4.84 Å². The van der Waals surface area contributed by atoms with Crippen LogP contribution >= 0.6 is 0 Å². The predicted octanol–water partition coefficient (Wildman–Crippen LogP) is 7.54. The van der Waals surface area contributed by atoms with Gasteiger partial charge >= 0.3 is 0 Å². The molecule has 37 heavy (non-hydrogen) atoms. The Morgan fingerprint density at radius 3 is 2.27 bits per heavy atom. The molecule has 0 spiro atoms. The van der Waals surface area contributed by atoms with E-state index in [1.165, 1.54) is 38.7 Å². The van der Waals surface area contributed by atoms with Crippen molar-refractivity contribution in [1.29, 1.82) is 0 Å². The highest BCUT2D eigenvalue weighted by Gasteiger charge is 2.20. The minimum atomic E-state index is -1.11. The second kappa shape index (κ2) is 13.9. The third-order valence-electron chi connectivity index (χ3n) is 6.65. The molecule has 8 nitrogen and oxygen atoms in total. The molecule has 0 aliphatic rings. The Morgan fingerprint density at radius 1 is 0.973 bits per heavy atom. The summed E-state index contributed by atoms with van der Waals surface area (Å²) in [6.07, 6.45) is 9.13. The summed E-state index contributed by atoms with van der Waals surface area (Å²) in [7, 11) is 0. The highest BCUT2D eigenvalue weighted by atomic mass is 16.7. The van der Waals surface area contributed by atoms with E-state index in [1.54, 1.807) is 24.3 Å². The molecule has 0 saturated carbocycles. The zero-order valence-corrected chi connectivity index (χ0v) is 22.2. The molecule has 1 atom stereocenters. The van der Waals surface area contributed by atoms with Crippen LogP contribution in [-0.2, 0) is 11.4 Å². The van der Waals surface area contributed by atoms with Crippen LogP contribution in [0.3, 0.4) is 0 Å². The summed E-state index contributed by atoms with van der Waals surface area (Å²) in [6, 6.07) is 10.4. The maximum Gasteiger partial charge on any atom is 0.270 e. The molecule has 1 heterocycles. The zero-order valence-electron chi connectivity index (χ0n) is 22.2. The van der Waals surface area contributed by atoms with Crippen LogP contribution < -0.4 is 0 Å². The van der Waals surface area contributed by atoms with Gasteiger partial charge in [-0.1, -0.05) is 63.9 Å². The Hall–Kier alpha value is -3.26. The van der Waals surface area contributed by atoms with Gasteiger partial charge in [0, 0.05) is 53.0 Å². The van der Waals surface area contributed by atoms with Crippen molar-refractivity contribution in [3.8, 4) is 0 Å². The number of unbranched alkanes of at least 4 members (excludes halogenated alkanes) is 7. The van der Waals surface area contributed by atoms with Crippen molar-refractivity contribution in [3.05, 3.63) is 52.1 Å². The second-order valence-corrected chi connectivity index (χ2v) is 9.64. The molecule has 0 aliphatic heterocycles. The number of aromatic nitrogens is 1. The number of Topliss-reactive ketones (excluding diaryl/α,β-unsaturated/α-hetero) is 1. The van der Waals surface area contributed by atoms with Gasteiger partial charge in [-0.15, -0.1) is 0 Å². The summed E-state index contributed by atoms with van der Waals surface area (Å²) in [6.45, 7) is 6.54. The van der Waals surface area contributed by atoms with Crippen LogP contribution in [0.1, 0.15) is 95.3 Å². The molecule has 1 N–H and O–H groups in total. The highest BCUT2D eigenvalue weighted by molar-refractivity contribution is 6.46. The van der Waals surface area contributed by atoms with Gasteiger partial charge in [-0.3, -0.25) is 14.9 Å². The number of non-ortho nitro benzene ring substituents is 1. The molecule has 0 fully saturated rings. The van der Waals surface area contributed by atoms with E-state index in [-0.39, 0.29) is 17.2 Å². The van der Waals surface area contributed by atoms with Crippen LogP contribution in [0.4, 0.5) is 5.69 Å². The van der Waals surface area contributed by atoms with Gasteiger partial charge in [0.25, 0.3) is 5.69 Å². The molecule has 3 aromatic rings. The minimum absolute atomic E-state index is 0.0231. The molecule has 0 radical (unpaired) electrons. The number of fused-ring (bicyclic) bond motifs is 3. The maximum absolute atomic E-state index is 13.4. The van der Waals surface area contributed by atoms with Crippen molar-refractivity contribution in [3.63, 3.8) is 0 Å². The third kappa shape index (κ3) is 7.38. The molecule has 0 aliphatic carbocycles. The highest BCUT2D eigenvalue weighted by Crippen LogP contribution is 2.33. The summed E-state index contributed by atoms with van der Waals surface area (Å²) in [5.74, 6) is -0.263. The van der Waals surface area contributed by atoms with E-state index in [0.29, 0.717) is 12.0 Å². The first-order valence-electron chi connectivity index (χ1n) is 13.5. The van der Waals surface area contributed by atoms with Crippen LogP contribution in [0.5, 0.6) is 0 Å². The van der Waals surface area contributed by atoms with Crippen molar-refractivity contribution in [2.45, 2.75) is 97.8 Å². The standard InChI is InChI=1S/C29H39N3O5/c1-4-6-8-9-10-12-18-31-27-16-14-22(29(34)26(13-11-7-5-2)30-37-21(3)33)19-24(27)25-20-23(32(35)36)15-17-28(25)31/h14-17,19-21,33H,4-13,18H2,1-3H3/b30-26+. The summed E-state index contributed by atoms with van der Waals surface area (Å²) in [4.78, 5) is 29.5. The van der Waals surface area contributed by atoms with Gasteiger partial charge in [-0.05, 0) is 43.5 Å². The summed E-state index contributed by atoms with van der Waals surface area (Å²) >= 11 is 0. The number of benzene rings is 2. The average Bonchev–Trinajstić information content (AvgIpc) is 3.19. The van der Waals surface area contributed by atoms with Gasteiger partial charge in [0.2, 0.25) is 12.1 Å². The number of aliphatic hydroxyl groups excluding tert-OH is 1. The topological polar surface area (TPSA) is 107 Å². The van der Waals surface area contributed by atoms with Crippen molar-refractivity contribution in [1.82, 2.24) is 4.57 Å². The molecule has 2 aromatic carbocycles. The molecule has 1 unspecified atom stereocenters. The van der Waals surface area contributed by atoms with Crippen molar-refractivity contribution in [2.75, 3.05) is 0 Å². The number of rotatable bonds is 16. The first-order chi connectivity index (χ1) is 17.9. The van der Waals surface area contributed by atoms with Gasteiger partial charge in [0.15, 0.2) is 0 Å². The zero-order chi connectivity index (χ0) is 26.8. The molecule has 200 valence electrons. The lowest BCUT2D eigenvalue weighted by molar-refractivity contribution is -0.384. The Morgan fingerprint density at radius 2 is 1.59 bits per heavy atom. The fourth-order valence-corrected chi connectivity index (χ4v) is 4.69. The van der Waals surface area contributed by atoms with Crippen LogP contribution in [-0.4, -0.2) is 32.4 Å². The van der Waals surface area contributed by atoms with E-state index in [9.17, 15) is 20.0 Å².